The Morgan fingerprint density at radius 2 is 2.00 bits per heavy atom. The smallest absolute Gasteiger partial charge is 0.123 e. The molecule has 0 atom stereocenters. The number of halogens is 1. The minimum atomic E-state index is 0.0595. The predicted octanol–water partition coefficient (Wildman–Crippen LogP) is 3.51. The summed E-state index contributed by atoms with van der Waals surface area (Å²) < 4.78 is 0.0953. The van der Waals surface area contributed by atoms with Crippen LogP contribution in [0.4, 0.5) is 0 Å². The Labute approximate surface area is 99.7 Å². The second-order valence-corrected chi connectivity index (χ2v) is 6.57. The summed E-state index contributed by atoms with van der Waals surface area (Å²) in [6.45, 7) is 6.36. The zero-order chi connectivity index (χ0) is 11.6. The van der Waals surface area contributed by atoms with Crippen LogP contribution in [0.2, 0.25) is 5.02 Å². The lowest BCUT2D eigenvalue weighted by atomic mass is 10.2. The Kier molecular flexibility index (Phi) is 3.68. The van der Waals surface area contributed by atoms with E-state index in [4.69, 9.17) is 22.7 Å². The van der Waals surface area contributed by atoms with E-state index in [1.165, 1.54) is 0 Å². The van der Waals surface area contributed by atoms with Crippen LogP contribution in [-0.2, 0) is 0 Å². The molecule has 0 aliphatic carbocycles. The Morgan fingerprint density at radius 3 is 2.47 bits per heavy atom. The molecule has 15 heavy (non-hydrogen) atoms. The molecule has 82 valence electrons. The van der Waals surface area contributed by atoms with E-state index in [2.05, 4.69) is 20.8 Å². The van der Waals surface area contributed by atoms with Crippen LogP contribution in [0.15, 0.2) is 23.1 Å². The molecule has 0 fully saturated rings. The fourth-order valence-electron chi connectivity index (χ4n) is 1.13. The molecular formula is C11H15ClN2S. The van der Waals surface area contributed by atoms with Gasteiger partial charge in [-0.2, -0.15) is 0 Å². The summed E-state index contributed by atoms with van der Waals surface area (Å²) in [6, 6.07) is 5.47. The maximum absolute atomic E-state index is 7.49. The van der Waals surface area contributed by atoms with Crippen molar-refractivity contribution in [3.05, 3.63) is 28.8 Å². The predicted molar refractivity (Wildman–Crippen MR) is 68.1 cm³/mol. The topological polar surface area (TPSA) is 49.9 Å². The van der Waals surface area contributed by atoms with Crippen LogP contribution in [0.3, 0.4) is 0 Å². The summed E-state index contributed by atoms with van der Waals surface area (Å²) in [5.74, 6) is 0.0595. The SMILES string of the molecule is CC(C)(C)Sc1ccc(Cl)cc1C(=N)N. The Morgan fingerprint density at radius 1 is 1.40 bits per heavy atom. The maximum atomic E-state index is 7.49. The van der Waals surface area contributed by atoms with Crippen molar-refractivity contribution in [2.75, 3.05) is 0 Å². The van der Waals surface area contributed by atoms with Gasteiger partial charge in [-0.05, 0) is 18.2 Å². The highest BCUT2D eigenvalue weighted by molar-refractivity contribution is 8.00. The van der Waals surface area contributed by atoms with E-state index in [-0.39, 0.29) is 10.6 Å². The van der Waals surface area contributed by atoms with E-state index in [0.717, 1.165) is 4.90 Å². The van der Waals surface area contributed by atoms with Gasteiger partial charge < -0.3 is 5.73 Å². The number of thioether (sulfide) groups is 1. The molecule has 1 aromatic rings. The number of rotatable bonds is 2. The minimum absolute atomic E-state index is 0.0595. The molecule has 0 spiro atoms. The largest absolute Gasteiger partial charge is 0.384 e. The van der Waals surface area contributed by atoms with Gasteiger partial charge in [0, 0.05) is 20.2 Å². The van der Waals surface area contributed by atoms with Crippen LogP contribution in [-0.4, -0.2) is 10.6 Å². The monoisotopic (exact) mass is 242 g/mol. The number of amidine groups is 1. The minimum Gasteiger partial charge on any atom is -0.384 e. The molecule has 0 bridgehead atoms. The van der Waals surface area contributed by atoms with Crippen molar-refractivity contribution in [1.82, 2.24) is 0 Å². The standard InChI is InChI=1S/C11H15ClN2S/c1-11(2,3)15-9-5-4-7(12)6-8(9)10(13)14/h4-6H,1-3H3,(H3,13,14). The van der Waals surface area contributed by atoms with E-state index in [1.807, 2.05) is 12.1 Å². The molecule has 0 aliphatic heterocycles. The van der Waals surface area contributed by atoms with Crippen molar-refractivity contribution in [3.8, 4) is 0 Å². The Hall–Kier alpha value is -0.670. The Balaban J connectivity index is 3.12. The van der Waals surface area contributed by atoms with Gasteiger partial charge in [-0.3, -0.25) is 5.41 Å². The zero-order valence-corrected chi connectivity index (χ0v) is 10.7. The van der Waals surface area contributed by atoms with Gasteiger partial charge in [-0.25, -0.2) is 0 Å². The zero-order valence-electron chi connectivity index (χ0n) is 9.10. The van der Waals surface area contributed by atoms with E-state index in [1.54, 1.807) is 17.8 Å². The first-order valence-electron chi connectivity index (χ1n) is 4.62. The molecule has 0 aromatic heterocycles. The van der Waals surface area contributed by atoms with Crippen LogP contribution in [0.1, 0.15) is 26.3 Å². The molecule has 0 heterocycles. The highest BCUT2D eigenvalue weighted by Crippen LogP contribution is 2.34. The van der Waals surface area contributed by atoms with Crippen LogP contribution in [0, 0.1) is 5.41 Å². The van der Waals surface area contributed by atoms with Gasteiger partial charge in [0.15, 0.2) is 0 Å². The number of benzene rings is 1. The van der Waals surface area contributed by atoms with Crippen molar-refractivity contribution in [3.63, 3.8) is 0 Å². The van der Waals surface area contributed by atoms with Gasteiger partial charge >= 0.3 is 0 Å². The molecule has 0 saturated heterocycles. The van der Waals surface area contributed by atoms with E-state index in [0.29, 0.717) is 10.6 Å². The third-order valence-corrected chi connectivity index (χ3v) is 3.07. The van der Waals surface area contributed by atoms with Crippen molar-refractivity contribution in [1.29, 1.82) is 5.41 Å². The molecule has 0 aliphatic rings. The fourth-order valence-corrected chi connectivity index (χ4v) is 2.38. The number of nitrogen functional groups attached to an aromatic ring is 1. The molecule has 0 radical (unpaired) electrons. The second-order valence-electron chi connectivity index (χ2n) is 4.27. The molecule has 4 heteroatoms. The number of hydrogen-bond donors (Lipinski definition) is 2. The van der Waals surface area contributed by atoms with Gasteiger partial charge in [0.05, 0.1) is 0 Å². The summed E-state index contributed by atoms with van der Waals surface area (Å²) in [6.07, 6.45) is 0. The number of nitrogens with two attached hydrogens (primary N) is 1. The molecule has 1 aromatic carbocycles. The third kappa shape index (κ3) is 3.76. The molecule has 1 rings (SSSR count). The first kappa shape index (κ1) is 12.4. The number of hydrogen-bond acceptors (Lipinski definition) is 2. The summed E-state index contributed by atoms with van der Waals surface area (Å²) in [5.41, 5.74) is 6.22. The van der Waals surface area contributed by atoms with Gasteiger partial charge in [-0.15, -0.1) is 11.8 Å². The Bertz CT molecular complexity index is 383. The van der Waals surface area contributed by atoms with Crippen molar-refractivity contribution in [2.24, 2.45) is 5.73 Å². The summed E-state index contributed by atoms with van der Waals surface area (Å²) in [7, 11) is 0. The van der Waals surface area contributed by atoms with Gasteiger partial charge in [0.1, 0.15) is 5.84 Å². The molecule has 3 N–H and O–H groups in total. The molecular weight excluding hydrogens is 228 g/mol. The van der Waals surface area contributed by atoms with Crippen LogP contribution in [0.5, 0.6) is 0 Å². The quantitative estimate of drug-likeness (QED) is 0.474. The van der Waals surface area contributed by atoms with E-state index in [9.17, 15) is 0 Å². The lowest BCUT2D eigenvalue weighted by Gasteiger charge is -2.19. The first-order valence-corrected chi connectivity index (χ1v) is 5.82. The summed E-state index contributed by atoms with van der Waals surface area (Å²) in [4.78, 5) is 0.999. The summed E-state index contributed by atoms with van der Waals surface area (Å²) >= 11 is 7.56. The second kappa shape index (κ2) is 4.45. The molecule has 2 nitrogen and oxygen atoms in total. The first-order chi connectivity index (χ1) is 6.79. The average Bonchev–Trinajstić information content (AvgIpc) is 2.05. The van der Waals surface area contributed by atoms with Gasteiger partial charge in [0.25, 0.3) is 0 Å². The lowest BCUT2D eigenvalue weighted by molar-refractivity contribution is 0.802. The van der Waals surface area contributed by atoms with E-state index >= 15 is 0 Å². The van der Waals surface area contributed by atoms with Crippen LogP contribution >= 0.6 is 23.4 Å². The van der Waals surface area contributed by atoms with Gasteiger partial charge in [-0.1, -0.05) is 32.4 Å². The normalized spacial score (nSPS) is 11.5. The highest BCUT2D eigenvalue weighted by atomic mass is 35.5. The van der Waals surface area contributed by atoms with Crippen LogP contribution < -0.4 is 5.73 Å². The lowest BCUT2D eigenvalue weighted by Crippen LogP contribution is -2.14. The highest BCUT2D eigenvalue weighted by Gasteiger charge is 2.16. The van der Waals surface area contributed by atoms with Gasteiger partial charge in [0.2, 0.25) is 0 Å². The molecule has 0 saturated carbocycles. The maximum Gasteiger partial charge on any atom is 0.123 e. The molecule has 0 amide bonds. The fraction of sp³-hybridized carbons (Fsp3) is 0.364. The van der Waals surface area contributed by atoms with Crippen LogP contribution in [0.25, 0.3) is 0 Å². The third-order valence-electron chi connectivity index (χ3n) is 1.65. The number of nitrogens with one attached hydrogen (secondary N) is 1. The van der Waals surface area contributed by atoms with Crippen molar-refractivity contribution >= 4 is 29.2 Å². The molecule has 0 unspecified atom stereocenters. The van der Waals surface area contributed by atoms with Crippen molar-refractivity contribution in [2.45, 2.75) is 30.4 Å². The van der Waals surface area contributed by atoms with E-state index < -0.39 is 0 Å². The van der Waals surface area contributed by atoms with Crippen molar-refractivity contribution < 1.29 is 0 Å². The summed E-state index contributed by atoms with van der Waals surface area (Å²) in [5, 5.41) is 8.10. The average molecular weight is 243 g/mol.